The molecular formula is C134H91N3S3. The third kappa shape index (κ3) is 13.7. The summed E-state index contributed by atoms with van der Waals surface area (Å²) in [5.74, 6) is 0. The summed E-state index contributed by atoms with van der Waals surface area (Å²) in [4.78, 5) is 15.1. The average Bonchev–Trinajstić information content (AvgIpc) is 1.56. The van der Waals surface area contributed by atoms with Gasteiger partial charge in [-0.1, -0.05) is 412 Å². The fraction of sp³-hybridized carbons (Fsp3) is 0.0672. The van der Waals surface area contributed by atoms with Crippen molar-refractivity contribution in [2.75, 3.05) is 0 Å². The van der Waals surface area contributed by atoms with Gasteiger partial charge < -0.3 is 0 Å². The van der Waals surface area contributed by atoms with E-state index in [1.165, 1.54) is 239 Å². The van der Waals surface area contributed by atoms with Crippen LogP contribution in [0.4, 0.5) is 0 Å². The van der Waals surface area contributed by atoms with E-state index in [9.17, 15) is 0 Å². The van der Waals surface area contributed by atoms with Gasteiger partial charge in [-0.3, -0.25) is 0 Å². The molecule has 0 saturated carbocycles. The molecule has 0 aliphatic heterocycles. The fourth-order valence-corrected chi connectivity index (χ4v) is 26.6. The monoisotopic (exact) mass is 1840 g/mol. The van der Waals surface area contributed by atoms with Crippen LogP contribution in [0.3, 0.4) is 0 Å². The molecule has 0 radical (unpaired) electrons. The maximum absolute atomic E-state index is 5.05. The Kier molecular flexibility index (Phi) is 19.3. The number of aromatic nitrogens is 3. The highest BCUT2D eigenvalue weighted by Gasteiger charge is 2.40. The molecule has 0 unspecified atom stereocenters. The van der Waals surface area contributed by atoms with Crippen LogP contribution in [0.5, 0.6) is 0 Å². The number of nitrogens with zero attached hydrogens (tertiary/aromatic N) is 3. The van der Waals surface area contributed by atoms with E-state index in [1.807, 2.05) is 0 Å². The Bertz CT molecular complexity index is 9670. The van der Waals surface area contributed by atoms with E-state index in [0.717, 1.165) is 42.7 Å². The van der Waals surface area contributed by atoms with Gasteiger partial charge >= 0.3 is 0 Å². The van der Waals surface area contributed by atoms with E-state index < -0.39 is 0 Å². The molecule has 660 valence electrons. The molecule has 3 aliphatic rings. The van der Waals surface area contributed by atoms with E-state index in [2.05, 4.69) is 484 Å². The van der Waals surface area contributed by atoms with Crippen molar-refractivity contribution in [3.05, 3.63) is 476 Å². The minimum atomic E-state index is -0.0824. The smallest absolute Gasteiger partial charge is 0.124 e. The van der Waals surface area contributed by atoms with Gasteiger partial charge in [0.05, 0.1) is 30.6 Å². The normalized spacial score (nSPS) is 13.4. The molecule has 26 aromatic rings. The second-order valence-electron chi connectivity index (χ2n) is 39.6. The highest BCUT2D eigenvalue weighted by molar-refractivity contribution is 7.23. The number of benzene rings is 23. The van der Waals surface area contributed by atoms with Crippen molar-refractivity contribution in [2.45, 2.75) is 57.8 Å². The van der Waals surface area contributed by atoms with Crippen LogP contribution in [0.1, 0.15) is 74.9 Å². The minimum absolute atomic E-state index is 0.0126. The molecule has 3 aliphatic carbocycles. The standard InChI is InChI=1S/2C46H31NS.C42H29NS/c1-46(2)40-27-35(20-22-37(40)38-23-19-28-9-6-7-14-36(28)43(38)46)33-13-8-12-32(25-33)34-18-16-29-15-17-30-21-24-41-44(42(30)39(29)26-34)48-45(47-41)31-10-4-3-5-11-31;1-46(2)39-23-20-28-9-6-7-14-36(28)43(39)37-22-19-35(27-40(37)46)33-13-8-12-32(25-33)34-18-16-29-15-17-30-21-24-41-44(42(30)38(29)26-34)48-45(47-41)31-10-4-3-5-11-31;1-42(2)36-14-7-6-13-33(36)34-21-19-32(25-37(34)42)30-12-8-11-29(23-30)31-18-16-26-15-17-27-20-22-38-40(39(27)35(26)24-31)44-41(43-38)28-9-4-3-5-10-28/h2*3-27H,1-2H3;3-25H,1-2H3. The topological polar surface area (TPSA) is 38.7 Å². The highest BCUT2D eigenvalue weighted by atomic mass is 32.1. The molecule has 0 bridgehead atoms. The number of hydrogen-bond acceptors (Lipinski definition) is 6. The fourth-order valence-electron chi connectivity index (χ4n) is 23.2. The van der Waals surface area contributed by atoms with Crippen molar-refractivity contribution in [3.8, 4) is 132 Å². The lowest BCUT2D eigenvalue weighted by Gasteiger charge is -2.23. The van der Waals surface area contributed by atoms with Crippen molar-refractivity contribution < 1.29 is 0 Å². The van der Waals surface area contributed by atoms with Crippen molar-refractivity contribution >= 4 is 151 Å². The third-order valence-electron chi connectivity index (χ3n) is 30.4. The molecule has 0 atom stereocenters. The molecule has 0 amide bonds. The Labute approximate surface area is 825 Å². The van der Waals surface area contributed by atoms with Gasteiger partial charge in [-0.25, -0.2) is 15.0 Å². The largest absolute Gasteiger partial charge is 0.236 e. The number of thiazole rings is 3. The molecule has 23 aromatic carbocycles. The highest BCUT2D eigenvalue weighted by Crippen LogP contribution is 2.57. The second kappa shape index (κ2) is 32.5. The van der Waals surface area contributed by atoms with Crippen LogP contribution in [0.2, 0.25) is 0 Å². The van der Waals surface area contributed by atoms with Crippen LogP contribution in [-0.4, -0.2) is 15.0 Å². The first kappa shape index (κ1) is 83.2. The molecule has 29 rings (SSSR count). The summed E-state index contributed by atoms with van der Waals surface area (Å²) in [5.41, 5.74) is 38.0. The molecule has 0 fully saturated rings. The summed E-state index contributed by atoms with van der Waals surface area (Å²) < 4.78 is 3.74. The maximum Gasteiger partial charge on any atom is 0.124 e. The van der Waals surface area contributed by atoms with E-state index in [-0.39, 0.29) is 16.2 Å². The van der Waals surface area contributed by atoms with Crippen LogP contribution in [0.25, 0.3) is 249 Å². The average molecular weight is 1840 g/mol. The predicted molar refractivity (Wildman–Crippen MR) is 601 cm³/mol. The van der Waals surface area contributed by atoms with Crippen molar-refractivity contribution in [1.29, 1.82) is 0 Å². The van der Waals surface area contributed by atoms with Gasteiger partial charge in [0.2, 0.25) is 0 Å². The van der Waals surface area contributed by atoms with Gasteiger partial charge in [0, 0.05) is 49.1 Å². The summed E-state index contributed by atoms with van der Waals surface area (Å²) in [6.45, 7) is 14.2. The summed E-state index contributed by atoms with van der Waals surface area (Å²) >= 11 is 5.37. The van der Waals surface area contributed by atoms with Crippen LogP contribution < -0.4 is 0 Å². The lowest BCUT2D eigenvalue weighted by Crippen LogP contribution is -2.15. The molecule has 6 heteroatoms. The first-order valence-corrected chi connectivity index (χ1v) is 50.9. The number of rotatable bonds is 9. The Morgan fingerprint density at radius 2 is 0.450 bits per heavy atom. The maximum atomic E-state index is 5.05. The molecular weight excluding hydrogens is 1750 g/mol. The Balaban J connectivity index is 0.000000106. The number of fused-ring (bicyclic) bond motifs is 28. The zero-order valence-electron chi connectivity index (χ0n) is 78.2. The molecule has 0 spiro atoms. The van der Waals surface area contributed by atoms with E-state index in [1.54, 1.807) is 34.0 Å². The van der Waals surface area contributed by atoms with E-state index >= 15 is 0 Å². The lowest BCUT2D eigenvalue weighted by atomic mass is 9.79. The van der Waals surface area contributed by atoms with Crippen LogP contribution >= 0.6 is 34.0 Å². The van der Waals surface area contributed by atoms with E-state index in [0.29, 0.717) is 0 Å². The quantitative estimate of drug-likeness (QED) is 0.135. The Morgan fingerprint density at radius 1 is 0.171 bits per heavy atom. The zero-order chi connectivity index (χ0) is 93.4. The van der Waals surface area contributed by atoms with Crippen molar-refractivity contribution in [3.63, 3.8) is 0 Å². The summed E-state index contributed by atoms with van der Waals surface area (Å²) in [6.07, 6.45) is 0. The van der Waals surface area contributed by atoms with E-state index in [4.69, 9.17) is 15.0 Å². The summed E-state index contributed by atoms with van der Waals surface area (Å²) in [6, 6.07) is 163. The van der Waals surface area contributed by atoms with Gasteiger partial charge in [-0.05, 0) is 276 Å². The zero-order valence-corrected chi connectivity index (χ0v) is 80.7. The molecule has 0 saturated heterocycles. The number of hydrogen-bond donors (Lipinski definition) is 0. The van der Waals surface area contributed by atoms with Crippen LogP contribution in [0, 0.1) is 0 Å². The summed E-state index contributed by atoms with van der Waals surface area (Å²) in [7, 11) is 0. The van der Waals surface area contributed by atoms with Crippen molar-refractivity contribution in [2.24, 2.45) is 0 Å². The molecule has 3 aromatic heterocycles. The Hall–Kier alpha value is -16.2. The molecule has 0 N–H and O–H groups in total. The minimum Gasteiger partial charge on any atom is -0.236 e. The van der Waals surface area contributed by atoms with Gasteiger partial charge in [-0.2, -0.15) is 0 Å². The van der Waals surface area contributed by atoms with Crippen LogP contribution in [0.15, 0.2) is 443 Å². The van der Waals surface area contributed by atoms with Gasteiger partial charge in [0.15, 0.2) is 0 Å². The van der Waals surface area contributed by atoms with Gasteiger partial charge in [-0.15, -0.1) is 34.0 Å². The first-order valence-electron chi connectivity index (χ1n) is 48.5. The van der Waals surface area contributed by atoms with Crippen LogP contribution in [-0.2, 0) is 16.2 Å². The molecule has 140 heavy (non-hydrogen) atoms. The van der Waals surface area contributed by atoms with Gasteiger partial charge in [0.1, 0.15) is 15.0 Å². The van der Waals surface area contributed by atoms with Gasteiger partial charge in [0.25, 0.3) is 0 Å². The third-order valence-corrected chi connectivity index (χ3v) is 33.8. The lowest BCUT2D eigenvalue weighted by molar-refractivity contribution is 0.660. The molecule has 3 heterocycles. The predicted octanol–water partition coefficient (Wildman–Crippen LogP) is 38.0. The summed E-state index contributed by atoms with van der Waals surface area (Å²) in [5, 5.41) is 23.7. The SMILES string of the molecule is CC1(C)c2cc(-c3cccc(-c4ccc5ccc6ccc7nc(-c8ccccc8)sc7c6c5c4)c3)ccc2-c2c1ccc1ccccc21.CC1(C)c2cc(-c3cccc(-c4ccc5ccc6ccc7nc(-c8ccccc8)sc7c6c5c4)c3)ccc2-c2ccc3ccccc3c21.CC1(C)c2ccccc2-c2ccc(-c3cccc(-c4ccc5ccc6ccc7nc(-c8ccccc8)sc7c6c5c4)c3)cc21. The molecule has 3 nitrogen and oxygen atoms in total. The first-order chi connectivity index (χ1) is 68.6. The Morgan fingerprint density at radius 3 is 0.893 bits per heavy atom. The van der Waals surface area contributed by atoms with Crippen molar-refractivity contribution in [1.82, 2.24) is 15.0 Å². The second-order valence-corrected chi connectivity index (χ2v) is 42.6.